The maximum Gasteiger partial charge on any atom is 0.131 e. The summed E-state index contributed by atoms with van der Waals surface area (Å²) < 4.78 is 6.36. The fraction of sp³-hybridized carbons (Fsp3) is 0.550. The molecule has 3 rings (SSSR count). The van der Waals surface area contributed by atoms with Gasteiger partial charge >= 0.3 is 0 Å². The molecule has 1 aromatic carbocycles. The average Bonchev–Trinajstić information content (AvgIpc) is 2.56. The van der Waals surface area contributed by atoms with E-state index in [9.17, 15) is 0 Å². The van der Waals surface area contributed by atoms with Crippen LogP contribution < -0.4 is 10.5 Å². The molecule has 1 aliphatic rings. The van der Waals surface area contributed by atoms with Gasteiger partial charge in [0, 0.05) is 11.4 Å². The van der Waals surface area contributed by atoms with Crippen LogP contribution in [0.25, 0.3) is 10.9 Å². The minimum Gasteiger partial charge on any atom is -0.490 e. The van der Waals surface area contributed by atoms with Crippen molar-refractivity contribution in [3.63, 3.8) is 0 Å². The smallest absolute Gasteiger partial charge is 0.131 e. The topological polar surface area (TPSA) is 48.1 Å². The van der Waals surface area contributed by atoms with E-state index in [1.165, 1.54) is 19.3 Å². The molecule has 3 heteroatoms. The number of rotatable bonds is 4. The summed E-state index contributed by atoms with van der Waals surface area (Å²) in [5, 5.41) is 0.993. The van der Waals surface area contributed by atoms with Gasteiger partial charge in [-0.15, -0.1) is 0 Å². The number of aromatic nitrogens is 1. The minimum absolute atomic E-state index is 0.314. The molecule has 0 unspecified atom stereocenters. The molecule has 1 aromatic heterocycles. The van der Waals surface area contributed by atoms with Gasteiger partial charge in [-0.05, 0) is 62.6 Å². The Bertz CT molecular complexity index is 688. The predicted molar refractivity (Wildman–Crippen MR) is 96.9 cm³/mol. The van der Waals surface area contributed by atoms with E-state index in [-0.39, 0.29) is 0 Å². The van der Waals surface area contributed by atoms with E-state index in [0.717, 1.165) is 58.8 Å². The Hall–Kier alpha value is -1.77. The molecule has 124 valence electrons. The summed E-state index contributed by atoms with van der Waals surface area (Å²) in [6, 6.07) is 6.09. The molecule has 3 nitrogen and oxygen atoms in total. The van der Waals surface area contributed by atoms with Gasteiger partial charge < -0.3 is 10.5 Å². The molecular formula is C20H28N2O. The molecule has 1 heterocycles. The number of hydrogen-bond donors (Lipinski definition) is 1. The molecule has 1 saturated carbocycles. The van der Waals surface area contributed by atoms with Crippen LogP contribution in [0.4, 0.5) is 5.69 Å². The zero-order chi connectivity index (χ0) is 16.4. The molecule has 0 amide bonds. The van der Waals surface area contributed by atoms with Gasteiger partial charge in [0.1, 0.15) is 5.75 Å². The lowest BCUT2D eigenvalue weighted by Crippen LogP contribution is -2.24. The minimum atomic E-state index is 0.314. The summed E-state index contributed by atoms with van der Waals surface area (Å²) in [5.74, 6) is 1.78. The lowest BCUT2D eigenvalue weighted by molar-refractivity contribution is 0.131. The fourth-order valence-electron chi connectivity index (χ4n) is 3.86. The van der Waals surface area contributed by atoms with E-state index in [0.29, 0.717) is 6.10 Å². The molecule has 0 saturated heterocycles. The van der Waals surface area contributed by atoms with E-state index < -0.39 is 0 Å². The summed E-state index contributed by atoms with van der Waals surface area (Å²) in [7, 11) is 0. The molecule has 2 aromatic rings. The number of nitrogens with zero attached hydrogens (tertiary/aromatic N) is 1. The van der Waals surface area contributed by atoms with Gasteiger partial charge in [0.2, 0.25) is 0 Å². The van der Waals surface area contributed by atoms with E-state index >= 15 is 0 Å². The SMILES string of the molecule is CCc1c(C)nc2cccc(O[C@H]3CC[C@H](CC)CC3)c2c1N. The van der Waals surface area contributed by atoms with Crippen molar-refractivity contribution in [1.82, 2.24) is 4.98 Å². The van der Waals surface area contributed by atoms with Crippen molar-refractivity contribution >= 4 is 16.6 Å². The van der Waals surface area contributed by atoms with Crippen LogP contribution in [-0.4, -0.2) is 11.1 Å². The number of pyridine rings is 1. The van der Waals surface area contributed by atoms with Gasteiger partial charge in [-0.25, -0.2) is 0 Å². The third-order valence-electron chi connectivity index (χ3n) is 5.34. The molecule has 0 atom stereocenters. The van der Waals surface area contributed by atoms with Gasteiger partial charge in [0.25, 0.3) is 0 Å². The number of anilines is 1. The number of aryl methyl sites for hydroxylation is 1. The van der Waals surface area contributed by atoms with E-state index in [1.54, 1.807) is 0 Å². The van der Waals surface area contributed by atoms with Crippen LogP contribution in [0, 0.1) is 12.8 Å². The van der Waals surface area contributed by atoms with Crippen LogP contribution >= 0.6 is 0 Å². The molecule has 0 aliphatic heterocycles. The highest BCUT2D eigenvalue weighted by atomic mass is 16.5. The molecule has 23 heavy (non-hydrogen) atoms. The van der Waals surface area contributed by atoms with Crippen LogP contribution in [0.3, 0.4) is 0 Å². The Labute approximate surface area is 139 Å². The number of nitrogen functional groups attached to an aromatic ring is 1. The van der Waals surface area contributed by atoms with Crippen LogP contribution in [0.15, 0.2) is 18.2 Å². The fourth-order valence-corrected chi connectivity index (χ4v) is 3.86. The molecule has 1 fully saturated rings. The Morgan fingerprint density at radius 1 is 1.17 bits per heavy atom. The standard InChI is InChI=1S/C20H28N2O/c1-4-14-9-11-15(12-10-14)23-18-8-6-7-17-19(18)20(21)16(5-2)13(3)22-17/h6-8,14-15H,4-5,9-12H2,1-3H3,(H2,21,22)/t14-,15-. The molecule has 0 spiro atoms. The Balaban J connectivity index is 1.92. The third-order valence-corrected chi connectivity index (χ3v) is 5.34. The van der Waals surface area contributed by atoms with E-state index in [1.807, 2.05) is 25.1 Å². The first-order valence-electron chi connectivity index (χ1n) is 8.98. The predicted octanol–water partition coefficient (Wildman–Crippen LogP) is 5.04. The molecule has 0 radical (unpaired) electrons. The lowest BCUT2D eigenvalue weighted by atomic mass is 9.86. The second kappa shape index (κ2) is 6.77. The number of benzene rings is 1. The summed E-state index contributed by atoms with van der Waals surface area (Å²) in [5.41, 5.74) is 10.4. The Kier molecular flexibility index (Phi) is 4.74. The number of nitrogens with two attached hydrogens (primary N) is 1. The number of hydrogen-bond acceptors (Lipinski definition) is 3. The first-order valence-corrected chi connectivity index (χ1v) is 8.98. The van der Waals surface area contributed by atoms with Crippen molar-refractivity contribution in [2.75, 3.05) is 5.73 Å². The Morgan fingerprint density at radius 2 is 1.91 bits per heavy atom. The highest BCUT2D eigenvalue weighted by molar-refractivity contribution is 5.97. The largest absolute Gasteiger partial charge is 0.490 e. The van der Waals surface area contributed by atoms with Gasteiger partial charge in [0.15, 0.2) is 0 Å². The monoisotopic (exact) mass is 312 g/mol. The molecular weight excluding hydrogens is 284 g/mol. The van der Waals surface area contributed by atoms with Crippen LogP contribution in [-0.2, 0) is 6.42 Å². The van der Waals surface area contributed by atoms with Crippen molar-refractivity contribution in [1.29, 1.82) is 0 Å². The van der Waals surface area contributed by atoms with Crippen LogP contribution in [0.1, 0.15) is 57.2 Å². The average molecular weight is 312 g/mol. The molecule has 1 aliphatic carbocycles. The van der Waals surface area contributed by atoms with Crippen molar-refractivity contribution in [3.05, 3.63) is 29.5 Å². The lowest BCUT2D eigenvalue weighted by Gasteiger charge is -2.29. The number of fused-ring (bicyclic) bond motifs is 1. The summed E-state index contributed by atoms with van der Waals surface area (Å²) >= 11 is 0. The second-order valence-electron chi connectivity index (χ2n) is 6.76. The second-order valence-corrected chi connectivity index (χ2v) is 6.76. The first-order chi connectivity index (χ1) is 11.1. The molecule has 0 bridgehead atoms. The van der Waals surface area contributed by atoms with Crippen molar-refractivity contribution < 1.29 is 4.74 Å². The van der Waals surface area contributed by atoms with Gasteiger partial charge in [-0.1, -0.05) is 26.3 Å². The first kappa shape index (κ1) is 16.1. The maximum atomic E-state index is 6.46. The van der Waals surface area contributed by atoms with Crippen LogP contribution in [0.5, 0.6) is 5.75 Å². The van der Waals surface area contributed by atoms with E-state index in [4.69, 9.17) is 15.5 Å². The van der Waals surface area contributed by atoms with Gasteiger partial charge in [-0.3, -0.25) is 4.98 Å². The highest BCUT2D eigenvalue weighted by Crippen LogP contribution is 2.36. The maximum absolute atomic E-state index is 6.46. The summed E-state index contributed by atoms with van der Waals surface area (Å²) in [6.45, 7) is 6.45. The van der Waals surface area contributed by atoms with Gasteiger partial charge in [0.05, 0.1) is 17.0 Å². The third kappa shape index (κ3) is 3.15. The summed E-state index contributed by atoms with van der Waals surface area (Å²) in [4.78, 5) is 4.73. The zero-order valence-electron chi connectivity index (χ0n) is 14.6. The van der Waals surface area contributed by atoms with Gasteiger partial charge in [-0.2, -0.15) is 0 Å². The quantitative estimate of drug-likeness (QED) is 0.860. The number of ether oxygens (including phenoxy) is 1. The van der Waals surface area contributed by atoms with Crippen molar-refractivity contribution in [2.45, 2.75) is 65.4 Å². The highest BCUT2D eigenvalue weighted by Gasteiger charge is 2.22. The van der Waals surface area contributed by atoms with Crippen molar-refractivity contribution in [2.24, 2.45) is 5.92 Å². The Morgan fingerprint density at radius 3 is 2.57 bits per heavy atom. The van der Waals surface area contributed by atoms with Crippen LogP contribution in [0.2, 0.25) is 0 Å². The summed E-state index contributed by atoms with van der Waals surface area (Å²) in [6.07, 6.45) is 7.35. The normalized spacial score (nSPS) is 21.5. The zero-order valence-corrected chi connectivity index (χ0v) is 14.6. The molecule has 2 N–H and O–H groups in total. The van der Waals surface area contributed by atoms with Crippen molar-refractivity contribution in [3.8, 4) is 5.75 Å². The van der Waals surface area contributed by atoms with E-state index in [2.05, 4.69) is 13.8 Å².